The predicted molar refractivity (Wildman–Crippen MR) is 34.0 cm³/mol. The Kier molecular flexibility index (Phi) is 4.53. The minimum atomic E-state index is -1.43. The van der Waals surface area contributed by atoms with Crippen LogP contribution in [0.3, 0.4) is 0 Å². The van der Waals surface area contributed by atoms with Gasteiger partial charge in [-0.2, -0.15) is 0 Å². The molecule has 0 heterocycles. The van der Waals surface area contributed by atoms with Gasteiger partial charge in [0.05, 0.1) is 12.9 Å². The fourth-order valence-corrected chi connectivity index (χ4v) is 0.288. The highest BCUT2D eigenvalue weighted by Crippen LogP contribution is 1.87. The van der Waals surface area contributed by atoms with E-state index in [-0.39, 0.29) is 0 Å². The molecule has 0 saturated carbocycles. The molecule has 0 aromatic heterocycles. The van der Waals surface area contributed by atoms with Crippen molar-refractivity contribution in [1.29, 1.82) is 0 Å². The zero-order chi connectivity index (χ0) is 7.98. The highest BCUT2D eigenvalue weighted by molar-refractivity contribution is 5.74. The summed E-state index contributed by atoms with van der Waals surface area (Å²) in [6, 6.07) is 0. The van der Waals surface area contributed by atoms with Gasteiger partial charge in [0.2, 0.25) is 0 Å². The van der Waals surface area contributed by atoms with Crippen LogP contribution in [-0.4, -0.2) is 28.9 Å². The molecule has 10 heavy (non-hydrogen) atoms. The Labute approximate surface area is 58.7 Å². The van der Waals surface area contributed by atoms with Crippen molar-refractivity contribution in [1.82, 2.24) is 0 Å². The molecule has 0 bridgehead atoms. The first kappa shape index (κ1) is 9.13. The van der Waals surface area contributed by atoms with Crippen molar-refractivity contribution in [2.75, 3.05) is 6.61 Å². The summed E-state index contributed by atoms with van der Waals surface area (Å²) in [5.74, 6) is -0.847. The molecule has 0 radical (unpaired) electrons. The topological polar surface area (TPSA) is 66.8 Å². The molecular weight excluding hydrogens is 136 g/mol. The molecule has 2 N–H and O–H groups in total. The number of hydrogen-bond acceptors (Lipinski definition) is 4. The Morgan fingerprint density at radius 2 is 2.40 bits per heavy atom. The number of hydrogen-bond donors (Lipinski definition) is 2. The molecule has 0 aromatic carbocycles. The van der Waals surface area contributed by atoms with Crippen molar-refractivity contribution in [3.8, 4) is 0 Å². The number of rotatable bonds is 3. The molecular formula is C6H10O4. The molecule has 4 heteroatoms. The maximum Gasteiger partial charge on any atom is 0.342 e. The van der Waals surface area contributed by atoms with Crippen molar-refractivity contribution < 1.29 is 19.7 Å². The number of aliphatic hydroxyl groups is 2. The lowest BCUT2D eigenvalue weighted by Gasteiger charge is -2.02. The number of carbonyl (C=O) groups excluding carboxylic acids is 1. The van der Waals surface area contributed by atoms with Crippen molar-refractivity contribution in [3.05, 3.63) is 12.3 Å². The lowest BCUT2D eigenvalue weighted by molar-refractivity contribution is -0.149. The van der Waals surface area contributed by atoms with E-state index in [9.17, 15) is 4.79 Å². The van der Waals surface area contributed by atoms with E-state index in [1.807, 2.05) is 0 Å². The van der Waals surface area contributed by atoms with Crippen LogP contribution >= 0.6 is 0 Å². The van der Waals surface area contributed by atoms with Crippen LogP contribution < -0.4 is 0 Å². The van der Waals surface area contributed by atoms with E-state index < -0.39 is 18.7 Å². The van der Waals surface area contributed by atoms with Crippen molar-refractivity contribution >= 4 is 5.97 Å². The molecule has 1 unspecified atom stereocenters. The molecule has 58 valence electrons. The number of aliphatic hydroxyl groups excluding tert-OH is 2. The molecule has 0 aliphatic rings. The summed E-state index contributed by atoms with van der Waals surface area (Å²) in [5.41, 5.74) is 0. The third kappa shape index (κ3) is 3.21. The van der Waals surface area contributed by atoms with Crippen LogP contribution in [0.2, 0.25) is 0 Å². The van der Waals surface area contributed by atoms with Crippen molar-refractivity contribution in [2.45, 2.75) is 13.0 Å². The Hall–Kier alpha value is -0.870. The van der Waals surface area contributed by atoms with Crippen LogP contribution in [0.4, 0.5) is 0 Å². The van der Waals surface area contributed by atoms with E-state index >= 15 is 0 Å². The fraction of sp³-hybridized carbons (Fsp3) is 0.500. The van der Waals surface area contributed by atoms with E-state index in [4.69, 9.17) is 10.2 Å². The van der Waals surface area contributed by atoms with E-state index in [2.05, 4.69) is 4.74 Å². The van der Waals surface area contributed by atoms with Crippen molar-refractivity contribution in [2.24, 2.45) is 0 Å². The Morgan fingerprint density at radius 1 is 1.80 bits per heavy atom. The number of esters is 1. The summed E-state index contributed by atoms with van der Waals surface area (Å²) in [6.45, 7) is 1.05. The summed E-state index contributed by atoms with van der Waals surface area (Å²) in [7, 11) is 0. The van der Waals surface area contributed by atoms with Gasteiger partial charge in [-0.25, -0.2) is 4.79 Å². The molecule has 0 fully saturated rings. The third-order valence-corrected chi connectivity index (χ3v) is 0.765. The highest BCUT2D eigenvalue weighted by Gasteiger charge is 2.13. The summed E-state index contributed by atoms with van der Waals surface area (Å²) in [6.07, 6.45) is 1.21. The van der Waals surface area contributed by atoms with Crippen LogP contribution in [0.1, 0.15) is 6.92 Å². The highest BCUT2D eigenvalue weighted by atomic mass is 16.5. The monoisotopic (exact) mass is 146 g/mol. The van der Waals surface area contributed by atoms with Gasteiger partial charge in [0.1, 0.15) is 0 Å². The molecule has 0 rings (SSSR count). The molecule has 0 saturated heterocycles. The van der Waals surface area contributed by atoms with Gasteiger partial charge in [-0.1, -0.05) is 6.08 Å². The Balaban J connectivity index is 3.62. The number of ether oxygens (including phenoxy) is 1. The molecule has 0 aliphatic carbocycles. The molecule has 1 atom stereocenters. The average molecular weight is 146 g/mol. The van der Waals surface area contributed by atoms with Crippen LogP contribution in [0.25, 0.3) is 0 Å². The Morgan fingerprint density at radius 3 is 2.80 bits per heavy atom. The fourth-order valence-electron chi connectivity index (χ4n) is 0.288. The van der Waals surface area contributed by atoms with Gasteiger partial charge in [0, 0.05) is 0 Å². The smallest absolute Gasteiger partial charge is 0.342 e. The summed E-state index contributed by atoms with van der Waals surface area (Å²) in [4.78, 5) is 10.4. The van der Waals surface area contributed by atoms with Crippen LogP contribution in [-0.2, 0) is 9.53 Å². The van der Waals surface area contributed by atoms with Gasteiger partial charge in [-0.15, -0.1) is 0 Å². The molecule has 0 spiro atoms. The number of carbonyl (C=O) groups is 1. The predicted octanol–water partition coefficient (Wildman–Crippen LogP) is -0.584. The van der Waals surface area contributed by atoms with E-state index in [0.717, 1.165) is 6.26 Å². The van der Waals surface area contributed by atoms with Gasteiger partial charge < -0.3 is 14.9 Å². The minimum absolute atomic E-state index is 0.615. The lowest BCUT2D eigenvalue weighted by Crippen LogP contribution is -2.24. The van der Waals surface area contributed by atoms with Gasteiger partial charge in [-0.3, -0.25) is 0 Å². The van der Waals surface area contributed by atoms with Crippen LogP contribution in [0.15, 0.2) is 12.3 Å². The van der Waals surface area contributed by atoms with E-state index in [1.165, 1.54) is 6.08 Å². The summed E-state index contributed by atoms with van der Waals surface area (Å²) >= 11 is 0. The normalized spacial score (nSPS) is 13.5. The van der Waals surface area contributed by atoms with Crippen molar-refractivity contribution in [3.63, 3.8) is 0 Å². The zero-order valence-electron chi connectivity index (χ0n) is 5.65. The maximum absolute atomic E-state index is 10.4. The van der Waals surface area contributed by atoms with Gasteiger partial charge >= 0.3 is 5.97 Å². The largest absolute Gasteiger partial charge is 0.433 e. The maximum atomic E-state index is 10.4. The molecule has 4 nitrogen and oxygen atoms in total. The lowest BCUT2D eigenvalue weighted by atomic mass is 10.4. The second-order valence-corrected chi connectivity index (χ2v) is 1.60. The third-order valence-electron chi connectivity index (χ3n) is 0.765. The minimum Gasteiger partial charge on any atom is -0.433 e. The first-order valence-corrected chi connectivity index (χ1v) is 2.83. The molecule has 0 aliphatic heterocycles. The average Bonchev–Trinajstić information content (AvgIpc) is 1.98. The first-order valence-electron chi connectivity index (χ1n) is 2.83. The Bertz CT molecular complexity index is 130. The van der Waals surface area contributed by atoms with Crippen LogP contribution in [0.5, 0.6) is 0 Å². The van der Waals surface area contributed by atoms with E-state index in [0.29, 0.717) is 0 Å². The zero-order valence-corrected chi connectivity index (χ0v) is 5.65. The summed E-state index contributed by atoms with van der Waals surface area (Å²) in [5, 5.41) is 16.8. The van der Waals surface area contributed by atoms with Gasteiger partial charge in [0.25, 0.3) is 0 Å². The van der Waals surface area contributed by atoms with Crippen LogP contribution in [0, 0.1) is 0 Å². The molecule has 0 amide bonds. The van der Waals surface area contributed by atoms with Gasteiger partial charge in [-0.05, 0) is 6.92 Å². The quantitative estimate of drug-likeness (QED) is 0.413. The second-order valence-electron chi connectivity index (χ2n) is 1.60. The first-order chi connectivity index (χ1) is 4.72. The number of allylic oxidation sites excluding steroid dienone is 1. The standard InChI is InChI=1S/C6H10O4/c1-2-3-10-6(9)5(8)4-7/h2-3,5,7-8H,4H2,1H3/b3-2+. The summed E-state index contributed by atoms with van der Waals surface area (Å²) < 4.78 is 4.31. The van der Waals surface area contributed by atoms with E-state index in [1.54, 1.807) is 6.92 Å². The SMILES string of the molecule is C/C=C/OC(=O)C(O)CO. The molecule has 0 aromatic rings. The second kappa shape index (κ2) is 4.96. The van der Waals surface area contributed by atoms with Gasteiger partial charge in [0.15, 0.2) is 6.10 Å².